The van der Waals surface area contributed by atoms with Crippen molar-refractivity contribution in [2.24, 2.45) is 0 Å². The fourth-order valence-electron chi connectivity index (χ4n) is 1.95. The summed E-state index contributed by atoms with van der Waals surface area (Å²) in [7, 11) is -3.66. The first-order valence-corrected chi connectivity index (χ1v) is 8.81. The molecule has 0 aliphatic carbocycles. The maximum absolute atomic E-state index is 12.3. The van der Waals surface area contributed by atoms with Gasteiger partial charge in [0.2, 0.25) is 10.0 Å². The van der Waals surface area contributed by atoms with Crippen LogP contribution in [0.2, 0.25) is 10.0 Å². The van der Waals surface area contributed by atoms with E-state index in [-0.39, 0.29) is 33.4 Å². The lowest BCUT2D eigenvalue weighted by Crippen LogP contribution is -2.45. The van der Waals surface area contributed by atoms with Gasteiger partial charge in [-0.2, -0.15) is 0 Å². The van der Waals surface area contributed by atoms with Crippen LogP contribution in [0.3, 0.4) is 0 Å². The quantitative estimate of drug-likeness (QED) is 0.733. The van der Waals surface area contributed by atoms with Gasteiger partial charge in [0.15, 0.2) is 0 Å². The summed E-state index contributed by atoms with van der Waals surface area (Å²) in [6, 6.07) is 2.90. The molecule has 4 nitrogen and oxygen atoms in total. The molecule has 1 aromatic carbocycles. The van der Waals surface area contributed by atoms with Crippen LogP contribution in [-0.4, -0.2) is 27.5 Å². The first-order valence-electron chi connectivity index (χ1n) is 5.78. The molecule has 2 rings (SSSR count). The summed E-state index contributed by atoms with van der Waals surface area (Å²) in [6.45, 7) is 1.55. The van der Waals surface area contributed by atoms with Crippen molar-refractivity contribution >= 4 is 61.6 Å². The molecule has 2 N–H and O–H groups in total. The molecule has 1 atom stereocenters. The van der Waals surface area contributed by atoms with Crippen LogP contribution >= 0.6 is 51.5 Å². The van der Waals surface area contributed by atoms with Crippen molar-refractivity contribution in [1.82, 2.24) is 10.0 Å². The van der Waals surface area contributed by atoms with Crippen LogP contribution in [0.4, 0.5) is 0 Å². The molecule has 9 heteroatoms. The Bertz CT molecular complexity index is 577. The minimum Gasteiger partial charge on any atom is -0.315 e. The zero-order valence-corrected chi connectivity index (χ0v) is 15.1. The van der Waals surface area contributed by atoms with Crippen LogP contribution in [0.1, 0.15) is 12.8 Å². The van der Waals surface area contributed by atoms with E-state index < -0.39 is 10.0 Å². The monoisotopic (exact) mass is 422 g/mol. The lowest BCUT2D eigenvalue weighted by Gasteiger charge is -2.24. The van der Waals surface area contributed by atoms with Crippen LogP contribution in [0.5, 0.6) is 0 Å². The van der Waals surface area contributed by atoms with Gasteiger partial charge < -0.3 is 5.32 Å². The molecule has 114 valence electrons. The highest BCUT2D eigenvalue weighted by molar-refractivity contribution is 9.10. The van der Waals surface area contributed by atoms with E-state index in [9.17, 15) is 8.42 Å². The zero-order valence-electron chi connectivity index (χ0n) is 10.3. The van der Waals surface area contributed by atoms with Crippen LogP contribution in [0.15, 0.2) is 21.5 Å². The van der Waals surface area contributed by atoms with Crippen molar-refractivity contribution in [3.05, 3.63) is 26.7 Å². The minimum atomic E-state index is -3.66. The van der Waals surface area contributed by atoms with E-state index in [1.807, 2.05) is 0 Å². The Morgan fingerprint density at radius 2 is 2.00 bits per heavy atom. The molecule has 1 heterocycles. The van der Waals surface area contributed by atoms with Gasteiger partial charge in [0.05, 0.1) is 10.0 Å². The Hall–Kier alpha value is 0.440. The Balaban J connectivity index is 0.00000200. The number of sulfonamides is 1. The molecule has 0 bridgehead atoms. The largest absolute Gasteiger partial charge is 0.315 e. The zero-order chi connectivity index (χ0) is 14.0. The molecule has 1 aliphatic rings. The summed E-state index contributed by atoms with van der Waals surface area (Å²) in [5.74, 6) is 0. The second kappa shape index (κ2) is 7.63. The van der Waals surface area contributed by atoms with Gasteiger partial charge in [-0.3, -0.25) is 0 Å². The first-order chi connectivity index (χ1) is 8.92. The summed E-state index contributed by atoms with van der Waals surface area (Å²) in [4.78, 5) is 0.00735. The fourth-order valence-corrected chi connectivity index (χ4v) is 4.44. The highest BCUT2D eigenvalue weighted by Crippen LogP contribution is 2.35. The second-order valence-electron chi connectivity index (χ2n) is 4.34. The summed E-state index contributed by atoms with van der Waals surface area (Å²) in [5, 5.41) is 3.39. The lowest BCUT2D eigenvalue weighted by molar-refractivity contribution is 0.428. The van der Waals surface area contributed by atoms with E-state index in [0.717, 1.165) is 19.4 Å². The molecule has 1 aromatic rings. The predicted molar refractivity (Wildman–Crippen MR) is 87.6 cm³/mol. The third-order valence-electron chi connectivity index (χ3n) is 2.91. The van der Waals surface area contributed by atoms with Crippen molar-refractivity contribution < 1.29 is 8.42 Å². The minimum absolute atomic E-state index is 0. The fraction of sp³-hybridized carbons (Fsp3) is 0.455. The normalized spacial score (nSPS) is 19.4. The van der Waals surface area contributed by atoms with Crippen LogP contribution in [0.25, 0.3) is 0 Å². The highest BCUT2D eigenvalue weighted by Gasteiger charge is 2.25. The van der Waals surface area contributed by atoms with Gasteiger partial charge in [-0.1, -0.05) is 23.2 Å². The Kier molecular flexibility index (Phi) is 7.05. The Morgan fingerprint density at radius 1 is 1.30 bits per heavy atom. The molecule has 1 saturated heterocycles. The van der Waals surface area contributed by atoms with E-state index in [1.165, 1.54) is 6.07 Å². The number of hydrogen-bond acceptors (Lipinski definition) is 3. The number of halogens is 4. The number of benzene rings is 1. The third kappa shape index (κ3) is 4.22. The topological polar surface area (TPSA) is 58.2 Å². The van der Waals surface area contributed by atoms with E-state index in [1.54, 1.807) is 6.07 Å². The van der Waals surface area contributed by atoms with Crippen molar-refractivity contribution in [3.63, 3.8) is 0 Å². The molecule has 1 aliphatic heterocycles. The van der Waals surface area contributed by atoms with Crippen molar-refractivity contribution in [2.75, 3.05) is 13.1 Å². The molecular formula is C11H14BrCl3N2O2S. The molecule has 1 unspecified atom stereocenters. The number of hydrogen-bond donors (Lipinski definition) is 2. The van der Waals surface area contributed by atoms with Crippen molar-refractivity contribution in [2.45, 2.75) is 23.8 Å². The third-order valence-corrected chi connectivity index (χ3v) is 6.35. The number of piperidine rings is 1. The van der Waals surface area contributed by atoms with Crippen LogP contribution in [-0.2, 0) is 10.0 Å². The van der Waals surface area contributed by atoms with E-state index in [2.05, 4.69) is 26.0 Å². The van der Waals surface area contributed by atoms with Gasteiger partial charge in [0, 0.05) is 17.1 Å². The molecular weight excluding hydrogens is 410 g/mol. The molecule has 0 aromatic heterocycles. The van der Waals surface area contributed by atoms with Gasteiger partial charge in [0.25, 0.3) is 0 Å². The molecule has 0 spiro atoms. The van der Waals surface area contributed by atoms with Gasteiger partial charge in [-0.25, -0.2) is 13.1 Å². The van der Waals surface area contributed by atoms with Gasteiger partial charge in [-0.15, -0.1) is 12.4 Å². The van der Waals surface area contributed by atoms with E-state index in [0.29, 0.717) is 11.0 Å². The van der Waals surface area contributed by atoms with Crippen LogP contribution in [0, 0.1) is 0 Å². The van der Waals surface area contributed by atoms with Gasteiger partial charge in [0.1, 0.15) is 4.90 Å². The molecule has 20 heavy (non-hydrogen) atoms. The standard InChI is InChI=1S/C11H13BrCl2N2O2S.ClH/c12-8-3-4-9(11(14)10(8)13)19(17,18)16-7-2-1-5-15-6-7;/h3-4,7,15-16H,1-2,5-6H2;1H. The average molecular weight is 425 g/mol. The Morgan fingerprint density at radius 3 is 2.60 bits per heavy atom. The molecule has 1 fully saturated rings. The number of rotatable bonds is 3. The van der Waals surface area contributed by atoms with Crippen molar-refractivity contribution in [1.29, 1.82) is 0 Å². The smallest absolute Gasteiger partial charge is 0.242 e. The summed E-state index contributed by atoms with van der Waals surface area (Å²) in [6.07, 6.45) is 1.76. The second-order valence-corrected chi connectivity index (χ2v) is 7.63. The predicted octanol–water partition coefficient (Wildman–Crippen LogP) is 3.21. The summed E-state index contributed by atoms with van der Waals surface area (Å²) in [5.41, 5.74) is 0. The van der Waals surface area contributed by atoms with E-state index >= 15 is 0 Å². The maximum atomic E-state index is 12.3. The highest BCUT2D eigenvalue weighted by atomic mass is 79.9. The summed E-state index contributed by atoms with van der Waals surface area (Å²) >= 11 is 15.2. The SMILES string of the molecule is Cl.O=S(=O)(NC1CCCNC1)c1ccc(Br)c(Cl)c1Cl. The Labute approximate surface area is 143 Å². The van der Waals surface area contributed by atoms with E-state index in [4.69, 9.17) is 23.2 Å². The number of nitrogens with one attached hydrogen (secondary N) is 2. The molecule has 0 radical (unpaired) electrons. The molecule has 0 amide bonds. The van der Waals surface area contributed by atoms with Crippen molar-refractivity contribution in [3.8, 4) is 0 Å². The van der Waals surface area contributed by atoms with Gasteiger partial charge in [-0.05, 0) is 47.4 Å². The van der Waals surface area contributed by atoms with Crippen LogP contribution < -0.4 is 10.0 Å². The maximum Gasteiger partial charge on any atom is 0.242 e. The first kappa shape index (κ1) is 18.5. The average Bonchev–Trinajstić information content (AvgIpc) is 2.36. The summed E-state index contributed by atoms with van der Waals surface area (Å²) < 4.78 is 27.8. The lowest BCUT2D eigenvalue weighted by atomic mass is 10.1. The van der Waals surface area contributed by atoms with Gasteiger partial charge >= 0.3 is 0 Å². The molecule has 0 saturated carbocycles.